The summed E-state index contributed by atoms with van der Waals surface area (Å²) < 4.78 is 36.8. The lowest BCUT2D eigenvalue weighted by atomic mass is 10.1. The van der Waals surface area contributed by atoms with Crippen molar-refractivity contribution in [3.05, 3.63) is 71.1 Å². The maximum Gasteiger partial charge on any atom is 0.410 e. The molecule has 198 valence electrons. The first-order valence-electron chi connectivity index (χ1n) is 12.1. The van der Waals surface area contributed by atoms with Gasteiger partial charge >= 0.3 is 6.09 Å². The maximum atomic E-state index is 15.1. The van der Waals surface area contributed by atoms with Crippen molar-refractivity contribution in [1.29, 1.82) is 0 Å². The number of carbonyl (C=O) groups excluding carboxylic acids is 3. The summed E-state index contributed by atoms with van der Waals surface area (Å²) in [6.07, 6.45) is 0.952. The van der Waals surface area contributed by atoms with E-state index < -0.39 is 35.1 Å². The van der Waals surface area contributed by atoms with Gasteiger partial charge in [0.25, 0.3) is 11.8 Å². The highest BCUT2D eigenvalue weighted by atomic mass is 19.1. The van der Waals surface area contributed by atoms with Crippen LogP contribution in [0.25, 0.3) is 5.69 Å². The Morgan fingerprint density at radius 2 is 1.55 bits per heavy atom. The molecule has 0 saturated carbocycles. The Hall–Kier alpha value is -4.35. The molecule has 0 atom stereocenters. The average Bonchev–Trinajstić information content (AvgIpc) is 3.42. The molecule has 0 unspecified atom stereocenters. The summed E-state index contributed by atoms with van der Waals surface area (Å²) in [4.78, 5) is 41.6. The molecule has 3 aromatic rings. The Bertz CT molecular complexity index is 1370. The number of carbonyl (C=O) groups is 3. The molecule has 2 aromatic carbocycles. The number of hydrogen-bond acceptors (Lipinski definition) is 7. The van der Waals surface area contributed by atoms with Crippen LogP contribution in [0.2, 0.25) is 0 Å². The van der Waals surface area contributed by atoms with Crippen LogP contribution in [0.5, 0.6) is 0 Å². The van der Waals surface area contributed by atoms with E-state index in [0.29, 0.717) is 11.1 Å². The number of benzene rings is 2. The number of anilines is 1. The molecule has 0 aliphatic carbocycles. The summed E-state index contributed by atoms with van der Waals surface area (Å²) >= 11 is 0. The molecule has 3 amide bonds. The van der Waals surface area contributed by atoms with Crippen LogP contribution in [0.15, 0.2) is 42.6 Å². The Balaban J connectivity index is 1.27. The van der Waals surface area contributed by atoms with Gasteiger partial charge in [-0.05, 0) is 32.9 Å². The number of piperazine rings is 1. The van der Waals surface area contributed by atoms with Crippen LogP contribution in [0.4, 0.5) is 19.3 Å². The van der Waals surface area contributed by atoms with Gasteiger partial charge in [0, 0.05) is 38.3 Å². The van der Waals surface area contributed by atoms with E-state index in [2.05, 4.69) is 10.3 Å². The van der Waals surface area contributed by atoms with Crippen LogP contribution < -0.4 is 4.90 Å². The summed E-state index contributed by atoms with van der Waals surface area (Å²) in [6.45, 7) is 6.19. The molecule has 1 aromatic heterocycles. The molecular formula is C26H26F2N6O4. The zero-order valence-electron chi connectivity index (χ0n) is 21.1. The van der Waals surface area contributed by atoms with Crippen molar-refractivity contribution in [2.24, 2.45) is 0 Å². The van der Waals surface area contributed by atoms with Crippen molar-refractivity contribution < 1.29 is 27.9 Å². The van der Waals surface area contributed by atoms with E-state index in [1.165, 1.54) is 15.8 Å². The van der Waals surface area contributed by atoms with Gasteiger partial charge in [-0.3, -0.25) is 14.5 Å². The van der Waals surface area contributed by atoms with Crippen molar-refractivity contribution in [1.82, 2.24) is 24.8 Å². The van der Waals surface area contributed by atoms with Crippen molar-refractivity contribution in [2.75, 3.05) is 31.1 Å². The fourth-order valence-electron chi connectivity index (χ4n) is 4.47. The minimum absolute atomic E-state index is 0.0947. The molecule has 38 heavy (non-hydrogen) atoms. The number of hydrogen-bond donors (Lipinski definition) is 0. The zero-order chi connectivity index (χ0) is 27.2. The van der Waals surface area contributed by atoms with Gasteiger partial charge in [0.2, 0.25) is 0 Å². The summed E-state index contributed by atoms with van der Waals surface area (Å²) in [5.74, 6) is -2.45. The Kier molecular flexibility index (Phi) is 6.33. The van der Waals surface area contributed by atoms with E-state index in [0.717, 1.165) is 17.0 Å². The summed E-state index contributed by atoms with van der Waals surface area (Å²) in [6, 6.07) is 8.79. The number of nitrogens with zero attached hydrogens (tertiary/aromatic N) is 6. The van der Waals surface area contributed by atoms with E-state index in [-0.39, 0.29) is 49.8 Å². The van der Waals surface area contributed by atoms with Crippen LogP contribution in [-0.2, 0) is 11.3 Å². The Morgan fingerprint density at radius 1 is 0.974 bits per heavy atom. The standard InChI is InChI=1S/C26H26F2N6O4/c1-26(2,3)38-25(37)32-10-8-31(9-11-32)22-20(27)12-17(13-21(22)28)34-15-16(29-30-34)14-33-23(35)18-6-4-5-7-19(18)24(33)36/h4-7,12-13,15H,8-11,14H2,1-3H3. The third-order valence-electron chi connectivity index (χ3n) is 6.25. The minimum Gasteiger partial charge on any atom is -0.444 e. The number of imide groups is 1. The molecule has 2 aliphatic rings. The molecule has 12 heteroatoms. The van der Waals surface area contributed by atoms with Crippen LogP contribution in [0.1, 0.15) is 47.2 Å². The first-order chi connectivity index (χ1) is 18.0. The van der Waals surface area contributed by atoms with Crippen LogP contribution in [-0.4, -0.2) is 74.5 Å². The molecule has 0 spiro atoms. The first-order valence-corrected chi connectivity index (χ1v) is 12.1. The molecule has 3 heterocycles. The van der Waals surface area contributed by atoms with E-state index >= 15 is 8.78 Å². The van der Waals surface area contributed by atoms with E-state index in [1.807, 2.05) is 0 Å². The zero-order valence-corrected chi connectivity index (χ0v) is 21.1. The Morgan fingerprint density at radius 3 is 2.11 bits per heavy atom. The third-order valence-corrected chi connectivity index (χ3v) is 6.25. The topological polar surface area (TPSA) is 101 Å². The lowest BCUT2D eigenvalue weighted by Crippen LogP contribution is -2.50. The smallest absolute Gasteiger partial charge is 0.410 e. The van der Waals surface area contributed by atoms with Crippen molar-refractivity contribution >= 4 is 23.6 Å². The number of halogens is 2. The normalized spacial score (nSPS) is 15.8. The van der Waals surface area contributed by atoms with Crippen LogP contribution in [0, 0.1) is 11.6 Å². The number of rotatable bonds is 4. The molecule has 0 bridgehead atoms. The maximum absolute atomic E-state index is 15.1. The highest BCUT2D eigenvalue weighted by molar-refractivity contribution is 6.21. The number of amides is 3. The van der Waals surface area contributed by atoms with Gasteiger partial charge in [-0.15, -0.1) is 5.10 Å². The van der Waals surface area contributed by atoms with Crippen LogP contribution in [0.3, 0.4) is 0 Å². The average molecular weight is 525 g/mol. The minimum atomic E-state index is -0.789. The molecule has 1 saturated heterocycles. The fraction of sp³-hybridized carbons (Fsp3) is 0.346. The number of ether oxygens (including phenoxy) is 1. The van der Waals surface area contributed by atoms with Gasteiger partial charge in [0.05, 0.1) is 29.6 Å². The van der Waals surface area contributed by atoms with Crippen molar-refractivity contribution in [3.8, 4) is 5.69 Å². The van der Waals surface area contributed by atoms with E-state index in [9.17, 15) is 14.4 Å². The van der Waals surface area contributed by atoms with Gasteiger partial charge in [-0.25, -0.2) is 18.3 Å². The lowest BCUT2D eigenvalue weighted by Gasteiger charge is -2.37. The largest absolute Gasteiger partial charge is 0.444 e. The quantitative estimate of drug-likeness (QED) is 0.482. The Labute approximate surface area is 217 Å². The highest BCUT2D eigenvalue weighted by Gasteiger charge is 2.35. The number of aromatic nitrogens is 3. The second-order valence-corrected chi connectivity index (χ2v) is 10.1. The second-order valence-electron chi connectivity index (χ2n) is 10.1. The van der Waals surface area contributed by atoms with E-state index in [4.69, 9.17) is 4.74 Å². The molecular weight excluding hydrogens is 498 g/mol. The SMILES string of the molecule is CC(C)(C)OC(=O)N1CCN(c2c(F)cc(-n3cc(CN4C(=O)c5ccccc5C4=O)nn3)cc2F)CC1. The first kappa shape index (κ1) is 25.3. The van der Waals surface area contributed by atoms with Crippen LogP contribution >= 0.6 is 0 Å². The predicted octanol–water partition coefficient (Wildman–Crippen LogP) is 3.40. The van der Waals surface area contributed by atoms with Gasteiger partial charge in [-0.2, -0.15) is 0 Å². The molecule has 5 rings (SSSR count). The number of fused-ring (bicyclic) bond motifs is 1. The highest BCUT2D eigenvalue weighted by Crippen LogP contribution is 2.28. The fourth-order valence-corrected chi connectivity index (χ4v) is 4.47. The van der Waals surface area contributed by atoms with Gasteiger partial charge in [-0.1, -0.05) is 17.3 Å². The van der Waals surface area contributed by atoms with Crippen molar-refractivity contribution in [3.63, 3.8) is 0 Å². The molecule has 0 N–H and O–H groups in total. The molecule has 10 nitrogen and oxygen atoms in total. The third kappa shape index (κ3) is 4.81. The predicted molar refractivity (Wildman–Crippen MR) is 132 cm³/mol. The lowest BCUT2D eigenvalue weighted by molar-refractivity contribution is 0.0240. The van der Waals surface area contributed by atoms with Crippen molar-refractivity contribution in [2.45, 2.75) is 32.9 Å². The van der Waals surface area contributed by atoms with Gasteiger partial charge < -0.3 is 14.5 Å². The second kappa shape index (κ2) is 9.51. The van der Waals surface area contributed by atoms with Gasteiger partial charge in [0.1, 0.15) is 17.0 Å². The van der Waals surface area contributed by atoms with Gasteiger partial charge in [0.15, 0.2) is 11.6 Å². The summed E-state index contributed by atoms with van der Waals surface area (Å²) in [5.41, 5.74) is 0.186. The monoisotopic (exact) mass is 524 g/mol. The summed E-state index contributed by atoms with van der Waals surface area (Å²) in [7, 11) is 0. The molecule has 0 radical (unpaired) electrons. The molecule has 1 fully saturated rings. The van der Waals surface area contributed by atoms with E-state index in [1.54, 1.807) is 49.9 Å². The molecule has 2 aliphatic heterocycles. The summed E-state index contributed by atoms with van der Waals surface area (Å²) in [5, 5.41) is 7.89.